The quantitative estimate of drug-likeness (QED) is 0.933. The van der Waals surface area contributed by atoms with Gasteiger partial charge in [0.25, 0.3) is 0 Å². The summed E-state index contributed by atoms with van der Waals surface area (Å²) in [6.45, 7) is 3.74. The van der Waals surface area contributed by atoms with Crippen molar-refractivity contribution in [1.82, 2.24) is 0 Å². The molecule has 0 aliphatic rings. The van der Waals surface area contributed by atoms with Crippen molar-refractivity contribution in [2.24, 2.45) is 0 Å². The number of hydrogen-bond donors (Lipinski definition) is 1. The number of aryl methyl sites for hydroxylation is 1. The zero-order chi connectivity index (χ0) is 15.4. The van der Waals surface area contributed by atoms with Gasteiger partial charge in [0, 0.05) is 11.6 Å². The summed E-state index contributed by atoms with van der Waals surface area (Å²) in [5, 5.41) is 18.5. The molecule has 0 fully saturated rings. The van der Waals surface area contributed by atoms with Crippen LogP contribution in [0.1, 0.15) is 35.3 Å². The maximum Gasteiger partial charge on any atom is 0.128 e. The maximum atomic E-state index is 13.3. The van der Waals surface area contributed by atoms with E-state index in [0.717, 1.165) is 11.1 Å². The molecule has 2 aromatic carbocycles. The maximum absolute atomic E-state index is 13.3. The standard InChI is InChI=1S/C17H16FNO2/c1-11-7-13(9-19)3-4-14(11)10-21-17-8-15(18)5-6-16(17)12(2)20/h3-8,12,20H,10H2,1-2H3. The molecule has 2 aromatic rings. The van der Waals surface area contributed by atoms with Crippen molar-refractivity contribution in [2.75, 3.05) is 0 Å². The van der Waals surface area contributed by atoms with Crippen molar-refractivity contribution in [2.45, 2.75) is 26.6 Å². The molecule has 0 bridgehead atoms. The fourth-order valence-corrected chi connectivity index (χ4v) is 2.06. The third-order valence-electron chi connectivity index (χ3n) is 3.28. The molecule has 1 atom stereocenters. The third-order valence-corrected chi connectivity index (χ3v) is 3.28. The molecule has 108 valence electrons. The van der Waals surface area contributed by atoms with E-state index in [1.165, 1.54) is 18.2 Å². The predicted octanol–water partition coefficient (Wildman–Crippen LogP) is 3.64. The Balaban J connectivity index is 2.20. The van der Waals surface area contributed by atoms with Gasteiger partial charge in [0.05, 0.1) is 17.7 Å². The molecule has 0 saturated carbocycles. The Labute approximate surface area is 123 Å². The lowest BCUT2D eigenvalue weighted by molar-refractivity contribution is 0.189. The Morgan fingerprint density at radius 2 is 2.05 bits per heavy atom. The fourth-order valence-electron chi connectivity index (χ4n) is 2.06. The topological polar surface area (TPSA) is 53.2 Å². The summed E-state index contributed by atoms with van der Waals surface area (Å²) < 4.78 is 19.0. The summed E-state index contributed by atoms with van der Waals surface area (Å²) >= 11 is 0. The highest BCUT2D eigenvalue weighted by atomic mass is 19.1. The van der Waals surface area contributed by atoms with Crippen LogP contribution in [-0.2, 0) is 6.61 Å². The molecule has 2 rings (SSSR count). The summed E-state index contributed by atoms with van der Waals surface area (Å²) in [5.41, 5.74) is 2.98. The Hall–Kier alpha value is -2.38. The van der Waals surface area contributed by atoms with Crippen molar-refractivity contribution in [3.63, 3.8) is 0 Å². The highest BCUT2D eigenvalue weighted by molar-refractivity contribution is 5.39. The van der Waals surface area contributed by atoms with Gasteiger partial charge in [-0.05, 0) is 49.2 Å². The molecule has 1 N–H and O–H groups in total. The van der Waals surface area contributed by atoms with Crippen LogP contribution < -0.4 is 4.74 Å². The van der Waals surface area contributed by atoms with Crippen LogP contribution in [-0.4, -0.2) is 5.11 Å². The van der Waals surface area contributed by atoms with Crippen LogP contribution in [0, 0.1) is 24.1 Å². The molecular formula is C17H16FNO2. The van der Waals surface area contributed by atoms with Crippen LogP contribution in [0.15, 0.2) is 36.4 Å². The van der Waals surface area contributed by atoms with Crippen LogP contribution in [0.4, 0.5) is 4.39 Å². The average Bonchev–Trinajstić information content (AvgIpc) is 2.45. The van der Waals surface area contributed by atoms with Crippen LogP contribution >= 0.6 is 0 Å². The molecular weight excluding hydrogens is 269 g/mol. The Morgan fingerprint density at radius 3 is 2.67 bits per heavy atom. The number of aliphatic hydroxyl groups is 1. The van der Waals surface area contributed by atoms with E-state index in [4.69, 9.17) is 10.00 Å². The van der Waals surface area contributed by atoms with E-state index in [1.54, 1.807) is 19.1 Å². The number of benzene rings is 2. The molecule has 0 heterocycles. The third kappa shape index (κ3) is 3.59. The van der Waals surface area contributed by atoms with Crippen LogP contribution in [0.3, 0.4) is 0 Å². The van der Waals surface area contributed by atoms with E-state index in [-0.39, 0.29) is 6.61 Å². The fraction of sp³-hybridized carbons (Fsp3) is 0.235. The highest BCUT2D eigenvalue weighted by Crippen LogP contribution is 2.27. The molecule has 3 nitrogen and oxygen atoms in total. The summed E-state index contributed by atoms with van der Waals surface area (Å²) in [5.74, 6) is -0.0836. The Morgan fingerprint density at radius 1 is 1.29 bits per heavy atom. The molecule has 4 heteroatoms. The summed E-state index contributed by atoms with van der Waals surface area (Å²) in [6, 6.07) is 11.5. The number of nitrogens with zero attached hydrogens (tertiary/aromatic N) is 1. The van der Waals surface area contributed by atoms with E-state index >= 15 is 0 Å². The number of ether oxygens (including phenoxy) is 1. The molecule has 1 unspecified atom stereocenters. The number of nitriles is 1. The Bertz CT molecular complexity index is 690. The molecule has 0 amide bonds. The van der Waals surface area contributed by atoms with Gasteiger partial charge in [-0.1, -0.05) is 6.07 Å². The van der Waals surface area contributed by atoms with Gasteiger partial charge < -0.3 is 9.84 Å². The first kappa shape index (κ1) is 15.0. The first-order valence-corrected chi connectivity index (χ1v) is 6.61. The lowest BCUT2D eigenvalue weighted by atomic mass is 10.1. The molecule has 21 heavy (non-hydrogen) atoms. The van der Waals surface area contributed by atoms with E-state index < -0.39 is 11.9 Å². The van der Waals surface area contributed by atoms with Crippen molar-refractivity contribution >= 4 is 0 Å². The van der Waals surface area contributed by atoms with E-state index in [2.05, 4.69) is 6.07 Å². The SMILES string of the molecule is Cc1cc(C#N)ccc1COc1cc(F)ccc1C(C)O. The molecule has 0 saturated heterocycles. The second-order valence-electron chi connectivity index (χ2n) is 4.90. The van der Waals surface area contributed by atoms with Crippen LogP contribution in [0.5, 0.6) is 5.75 Å². The van der Waals surface area contributed by atoms with Gasteiger partial charge in [0.15, 0.2) is 0 Å². The molecule has 0 aromatic heterocycles. The van der Waals surface area contributed by atoms with Gasteiger partial charge in [-0.2, -0.15) is 5.26 Å². The van der Waals surface area contributed by atoms with Crippen molar-refractivity contribution in [3.8, 4) is 11.8 Å². The second-order valence-corrected chi connectivity index (χ2v) is 4.90. The van der Waals surface area contributed by atoms with Gasteiger partial charge in [-0.15, -0.1) is 0 Å². The van der Waals surface area contributed by atoms with Crippen molar-refractivity contribution in [1.29, 1.82) is 5.26 Å². The van der Waals surface area contributed by atoms with Crippen molar-refractivity contribution < 1.29 is 14.2 Å². The molecule has 0 spiro atoms. The summed E-state index contributed by atoms with van der Waals surface area (Å²) in [7, 11) is 0. The first-order chi connectivity index (χ1) is 10.0. The lowest BCUT2D eigenvalue weighted by Crippen LogP contribution is -2.03. The van der Waals surface area contributed by atoms with Gasteiger partial charge in [0.2, 0.25) is 0 Å². The molecule has 0 radical (unpaired) electrons. The zero-order valence-electron chi connectivity index (χ0n) is 11.9. The normalized spacial score (nSPS) is 11.8. The zero-order valence-corrected chi connectivity index (χ0v) is 11.9. The average molecular weight is 285 g/mol. The highest BCUT2D eigenvalue weighted by Gasteiger charge is 2.11. The number of hydrogen-bond acceptors (Lipinski definition) is 3. The van der Waals surface area contributed by atoms with Crippen LogP contribution in [0.2, 0.25) is 0 Å². The van der Waals surface area contributed by atoms with Gasteiger partial charge >= 0.3 is 0 Å². The number of halogens is 1. The van der Waals surface area contributed by atoms with Gasteiger partial charge in [0.1, 0.15) is 18.2 Å². The Kier molecular flexibility index (Phi) is 4.56. The number of rotatable bonds is 4. The van der Waals surface area contributed by atoms with Gasteiger partial charge in [-0.25, -0.2) is 4.39 Å². The first-order valence-electron chi connectivity index (χ1n) is 6.61. The lowest BCUT2D eigenvalue weighted by Gasteiger charge is -2.14. The predicted molar refractivity (Wildman–Crippen MR) is 77.3 cm³/mol. The van der Waals surface area contributed by atoms with E-state index in [1.807, 2.05) is 13.0 Å². The number of aliphatic hydroxyl groups excluding tert-OH is 1. The second kappa shape index (κ2) is 6.38. The summed E-state index contributed by atoms with van der Waals surface area (Å²) in [4.78, 5) is 0. The smallest absolute Gasteiger partial charge is 0.128 e. The monoisotopic (exact) mass is 285 g/mol. The van der Waals surface area contributed by atoms with Gasteiger partial charge in [-0.3, -0.25) is 0 Å². The van der Waals surface area contributed by atoms with Crippen LogP contribution in [0.25, 0.3) is 0 Å². The summed E-state index contributed by atoms with van der Waals surface area (Å²) in [6.07, 6.45) is -0.734. The minimum absolute atomic E-state index is 0.251. The minimum Gasteiger partial charge on any atom is -0.488 e. The largest absolute Gasteiger partial charge is 0.488 e. The minimum atomic E-state index is -0.734. The van der Waals surface area contributed by atoms with E-state index in [0.29, 0.717) is 16.9 Å². The van der Waals surface area contributed by atoms with E-state index in [9.17, 15) is 9.50 Å². The van der Waals surface area contributed by atoms with Crippen molar-refractivity contribution in [3.05, 3.63) is 64.5 Å². The molecule has 0 aliphatic carbocycles. The molecule has 0 aliphatic heterocycles.